The van der Waals surface area contributed by atoms with Gasteiger partial charge in [-0.15, -0.1) is 0 Å². The molecule has 0 aromatic heterocycles. The number of benzene rings is 3. The molecule has 25 heavy (non-hydrogen) atoms. The van der Waals surface area contributed by atoms with Gasteiger partial charge in [0.05, 0.1) is 18.2 Å². The lowest BCUT2D eigenvalue weighted by Gasteiger charge is -2.20. The molecule has 0 aliphatic heterocycles. The van der Waals surface area contributed by atoms with Crippen molar-refractivity contribution >= 4 is 33.1 Å². The Morgan fingerprint density at radius 1 is 0.720 bits per heavy atom. The van der Waals surface area contributed by atoms with Crippen LogP contribution < -0.4 is 9.47 Å². The van der Waals surface area contributed by atoms with Crippen LogP contribution in [-0.2, 0) is 0 Å². The van der Waals surface area contributed by atoms with Gasteiger partial charge in [0.1, 0.15) is 11.5 Å². The van der Waals surface area contributed by atoms with Crippen molar-refractivity contribution in [3.8, 4) is 11.5 Å². The summed E-state index contributed by atoms with van der Waals surface area (Å²) in [6.45, 7) is 9.90. The number of hydrogen-bond acceptors (Lipinski definition) is 2. The Morgan fingerprint density at radius 3 is 1.84 bits per heavy atom. The number of rotatable bonds is 6. The molecule has 0 bridgehead atoms. The molecule has 0 N–H and O–H groups in total. The van der Waals surface area contributed by atoms with Crippen molar-refractivity contribution in [3.05, 3.63) is 47.5 Å². The lowest BCUT2D eigenvalue weighted by atomic mass is 10.00. The molecule has 0 atom stereocenters. The van der Waals surface area contributed by atoms with Gasteiger partial charge < -0.3 is 9.47 Å². The highest BCUT2D eigenvalue weighted by atomic mass is 35.5. The third-order valence-electron chi connectivity index (χ3n) is 4.02. The van der Waals surface area contributed by atoms with Crippen molar-refractivity contribution in [2.24, 2.45) is 11.8 Å². The first-order valence-electron chi connectivity index (χ1n) is 8.87. The molecule has 0 unspecified atom stereocenters. The van der Waals surface area contributed by atoms with Gasteiger partial charge in [0.2, 0.25) is 0 Å². The molecule has 0 aliphatic carbocycles. The average Bonchev–Trinajstić information content (AvgIpc) is 2.57. The Balaban J connectivity index is 2.31. The largest absolute Gasteiger partial charge is 0.492 e. The number of hydrogen-bond donors (Lipinski definition) is 0. The van der Waals surface area contributed by atoms with Crippen LogP contribution in [0.2, 0.25) is 5.02 Å². The summed E-state index contributed by atoms with van der Waals surface area (Å²) < 4.78 is 12.4. The van der Waals surface area contributed by atoms with E-state index in [1.165, 1.54) is 0 Å². The molecule has 0 heterocycles. The van der Waals surface area contributed by atoms with Crippen molar-refractivity contribution in [1.29, 1.82) is 0 Å². The highest BCUT2D eigenvalue weighted by Crippen LogP contribution is 2.45. The molecule has 2 nitrogen and oxygen atoms in total. The minimum absolute atomic E-state index is 0.438. The minimum atomic E-state index is 0.438. The highest BCUT2D eigenvalue weighted by Gasteiger charge is 2.18. The third kappa shape index (κ3) is 3.69. The molecule has 0 radical (unpaired) electrons. The number of ether oxygens (including phenoxy) is 2. The monoisotopic (exact) mass is 356 g/mol. The zero-order chi connectivity index (χ0) is 18.0. The average molecular weight is 357 g/mol. The molecule has 0 spiro atoms. The van der Waals surface area contributed by atoms with E-state index in [4.69, 9.17) is 21.1 Å². The fraction of sp³-hybridized carbons (Fsp3) is 0.364. The van der Waals surface area contributed by atoms with E-state index in [1.807, 2.05) is 24.3 Å². The van der Waals surface area contributed by atoms with Crippen molar-refractivity contribution in [2.75, 3.05) is 13.2 Å². The van der Waals surface area contributed by atoms with Crippen LogP contribution in [0.1, 0.15) is 27.7 Å². The van der Waals surface area contributed by atoms with E-state index in [-0.39, 0.29) is 0 Å². The smallest absolute Gasteiger partial charge is 0.136 e. The zero-order valence-electron chi connectivity index (χ0n) is 15.3. The van der Waals surface area contributed by atoms with Gasteiger partial charge >= 0.3 is 0 Å². The van der Waals surface area contributed by atoms with Crippen molar-refractivity contribution in [2.45, 2.75) is 27.7 Å². The van der Waals surface area contributed by atoms with E-state index < -0.39 is 0 Å². The first-order valence-corrected chi connectivity index (χ1v) is 9.25. The molecule has 3 aromatic carbocycles. The molecule has 0 fully saturated rings. The van der Waals surface area contributed by atoms with E-state index in [9.17, 15) is 0 Å². The molecular formula is C22H25ClO2. The van der Waals surface area contributed by atoms with Gasteiger partial charge in [-0.25, -0.2) is 0 Å². The normalized spacial score (nSPS) is 11.6. The molecule has 3 rings (SSSR count). The fourth-order valence-corrected chi connectivity index (χ4v) is 3.17. The first-order chi connectivity index (χ1) is 12.0. The van der Waals surface area contributed by atoms with E-state index >= 15 is 0 Å². The molecule has 3 heteroatoms. The molecule has 3 aromatic rings. The summed E-state index contributed by atoms with van der Waals surface area (Å²) in [5.41, 5.74) is 0. The Hall–Kier alpha value is -1.93. The van der Waals surface area contributed by atoms with Gasteiger partial charge in [-0.2, -0.15) is 0 Å². The molecule has 0 saturated heterocycles. The summed E-state index contributed by atoms with van der Waals surface area (Å²) in [6, 6.07) is 14.2. The lowest BCUT2D eigenvalue weighted by molar-refractivity contribution is 0.273. The fourth-order valence-electron chi connectivity index (χ4n) is 2.91. The second-order valence-electron chi connectivity index (χ2n) is 7.28. The minimum Gasteiger partial charge on any atom is -0.492 e. The predicted molar refractivity (Wildman–Crippen MR) is 107 cm³/mol. The summed E-state index contributed by atoms with van der Waals surface area (Å²) in [7, 11) is 0. The van der Waals surface area contributed by atoms with Crippen LogP contribution in [0.25, 0.3) is 21.5 Å². The highest BCUT2D eigenvalue weighted by molar-refractivity contribution is 6.37. The van der Waals surface area contributed by atoms with Gasteiger partial charge in [-0.3, -0.25) is 0 Å². The Bertz CT molecular complexity index is 884. The summed E-state index contributed by atoms with van der Waals surface area (Å²) in [5.74, 6) is 2.62. The summed E-state index contributed by atoms with van der Waals surface area (Å²) in [6.07, 6.45) is 0. The van der Waals surface area contributed by atoms with Crippen LogP contribution in [0, 0.1) is 11.8 Å². The van der Waals surface area contributed by atoms with Crippen molar-refractivity contribution < 1.29 is 9.47 Å². The maximum absolute atomic E-state index is 6.58. The molecule has 0 aliphatic rings. The Morgan fingerprint density at radius 2 is 1.24 bits per heavy atom. The second kappa shape index (κ2) is 7.53. The maximum Gasteiger partial charge on any atom is 0.136 e. The lowest BCUT2D eigenvalue weighted by Crippen LogP contribution is -2.08. The SMILES string of the molecule is CC(C)COc1c2ccccc2c(OCC(C)C)c2c(Cl)cccc12. The summed E-state index contributed by atoms with van der Waals surface area (Å²) in [4.78, 5) is 0. The van der Waals surface area contributed by atoms with Gasteiger partial charge in [-0.05, 0) is 17.9 Å². The van der Waals surface area contributed by atoms with Crippen LogP contribution in [0.15, 0.2) is 42.5 Å². The maximum atomic E-state index is 6.58. The first kappa shape index (κ1) is 17.9. The Labute approximate surface area is 154 Å². The number of fused-ring (bicyclic) bond motifs is 2. The van der Waals surface area contributed by atoms with E-state index in [0.717, 1.165) is 33.0 Å². The molecule has 0 saturated carbocycles. The van der Waals surface area contributed by atoms with E-state index in [1.54, 1.807) is 0 Å². The van der Waals surface area contributed by atoms with Crippen LogP contribution in [0.3, 0.4) is 0 Å². The van der Waals surface area contributed by atoms with Crippen LogP contribution in [0.4, 0.5) is 0 Å². The number of halogens is 1. The third-order valence-corrected chi connectivity index (χ3v) is 4.34. The van der Waals surface area contributed by atoms with E-state index in [2.05, 4.69) is 45.9 Å². The van der Waals surface area contributed by atoms with Gasteiger partial charge in [0.25, 0.3) is 0 Å². The molecule has 132 valence electrons. The van der Waals surface area contributed by atoms with Crippen LogP contribution in [-0.4, -0.2) is 13.2 Å². The van der Waals surface area contributed by atoms with Gasteiger partial charge in [0, 0.05) is 21.5 Å². The molecule has 0 amide bonds. The molecular weight excluding hydrogens is 332 g/mol. The van der Waals surface area contributed by atoms with Crippen molar-refractivity contribution in [1.82, 2.24) is 0 Å². The predicted octanol–water partition coefficient (Wildman–Crippen LogP) is 6.72. The standard InChI is InChI=1S/C22H25ClO2/c1-14(2)12-24-21-16-8-5-6-9-17(16)22(25-13-15(3)4)20-18(21)10-7-11-19(20)23/h5-11,14-15H,12-13H2,1-4H3. The second-order valence-corrected chi connectivity index (χ2v) is 7.68. The van der Waals surface area contributed by atoms with Crippen LogP contribution in [0.5, 0.6) is 11.5 Å². The quantitative estimate of drug-likeness (QED) is 0.456. The summed E-state index contributed by atoms with van der Waals surface area (Å²) in [5, 5.41) is 4.74. The Kier molecular flexibility index (Phi) is 5.39. The zero-order valence-corrected chi connectivity index (χ0v) is 16.1. The van der Waals surface area contributed by atoms with Crippen LogP contribution >= 0.6 is 11.6 Å². The topological polar surface area (TPSA) is 18.5 Å². The van der Waals surface area contributed by atoms with Gasteiger partial charge in [-0.1, -0.05) is 75.7 Å². The van der Waals surface area contributed by atoms with Crippen molar-refractivity contribution in [3.63, 3.8) is 0 Å². The van der Waals surface area contributed by atoms with E-state index in [0.29, 0.717) is 30.1 Å². The van der Waals surface area contributed by atoms with Gasteiger partial charge in [0.15, 0.2) is 0 Å². The summed E-state index contributed by atoms with van der Waals surface area (Å²) >= 11 is 6.58.